The zero-order chi connectivity index (χ0) is 21.3. The number of nitrogens with zero attached hydrogens (tertiary/aromatic N) is 2. The van der Waals surface area contributed by atoms with Crippen LogP contribution < -0.4 is 5.32 Å². The standard InChI is InChI=1S/C19H29BClN3O4/c1-12-13(10-22-15(21)24-12)9-14(11-23-16(25)26-17(2,3)4)20-27-18(5,6)19(7,8)28-20/h9-10H,11H2,1-8H3,(H,23,25). The molecule has 0 atom stereocenters. The SMILES string of the molecule is Cc1nc(Cl)ncc1C=C(CNC(=O)OC(C)(C)C)B1OC(C)(C)C(C)(C)O1. The minimum absolute atomic E-state index is 0.179. The Bertz CT molecular complexity index is 759. The van der Waals surface area contributed by atoms with Gasteiger partial charge in [0.1, 0.15) is 5.60 Å². The largest absolute Gasteiger partial charge is 0.492 e. The summed E-state index contributed by atoms with van der Waals surface area (Å²) in [7, 11) is -0.630. The number of hydrogen-bond donors (Lipinski definition) is 1. The average molecular weight is 410 g/mol. The summed E-state index contributed by atoms with van der Waals surface area (Å²) in [5, 5.41) is 2.95. The third kappa shape index (κ3) is 5.69. The molecule has 2 heterocycles. The van der Waals surface area contributed by atoms with Gasteiger partial charge in [0.25, 0.3) is 0 Å². The van der Waals surface area contributed by atoms with E-state index in [4.69, 9.17) is 25.6 Å². The van der Waals surface area contributed by atoms with Gasteiger partial charge < -0.3 is 19.4 Å². The van der Waals surface area contributed by atoms with Crippen molar-refractivity contribution < 1.29 is 18.8 Å². The van der Waals surface area contributed by atoms with Crippen molar-refractivity contribution in [3.8, 4) is 0 Å². The third-order valence-corrected chi connectivity index (χ3v) is 4.90. The van der Waals surface area contributed by atoms with Crippen molar-refractivity contribution in [3.63, 3.8) is 0 Å². The smallest absolute Gasteiger partial charge is 0.444 e. The molecule has 9 heteroatoms. The average Bonchev–Trinajstić information content (AvgIpc) is 2.71. The van der Waals surface area contributed by atoms with E-state index in [2.05, 4.69) is 15.3 Å². The summed E-state index contributed by atoms with van der Waals surface area (Å²) in [6.07, 6.45) is 2.97. The Balaban J connectivity index is 2.28. The van der Waals surface area contributed by atoms with E-state index >= 15 is 0 Å². The molecular weight excluding hydrogens is 380 g/mol. The van der Waals surface area contributed by atoms with Gasteiger partial charge in [-0.1, -0.05) is 6.08 Å². The van der Waals surface area contributed by atoms with Gasteiger partial charge in [-0.2, -0.15) is 0 Å². The van der Waals surface area contributed by atoms with Crippen LogP contribution in [0.4, 0.5) is 4.79 Å². The van der Waals surface area contributed by atoms with Crippen LogP contribution in [0.5, 0.6) is 0 Å². The molecule has 1 aromatic heterocycles. The lowest BCUT2D eigenvalue weighted by molar-refractivity contribution is 0.00578. The van der Waals surface area contributed by atoms with Crippen LogP contribution in [0.15, 0.2) is 11.7 Å². The van der Waals surface area contributed by atoms with Gasteiger partial charge in [0, 0.05) is 24.0 Å². The molecule has 1 aliphatic heterocycles. The number of amides is 1. The highest BCUT2D eigenvalue weighted by Crippen LogP contribution is 2.38. The van der Waals surface area contributed by atoms with Crippen molar-refractivity contribution in [3.05, 3.63) is 28.2 Å². The van der Waals surface area contributed by atoms with Gasteiger partial charge in [-0.25, -0.2) is 14.8 Å². The number of alkyl carbamates (subject to hydrolysis) is 1. The Morgan fingerprint density at radius 2 is 1.86 bits per heavy atom. The number of ether oxygens (including phenoxy) is 1. The molecule has 1 N–H and O–H groups in total. The normalized spacial score (nSPS) is 18.9. The van der Waals surface area contributed by atoms with Crippen LogP contribution in [0.25, 0.3) is 6.08 Å². The number of nitrogens with one attached hydrogen (secondary N) is 1. The van der Waals surface area contributed by atoms with Crippen LogP contribution in [-0.2, 0) is 14.0 Å². The molecule has 7 nitrogen and oxygen atoms in total. The molecule has 0 aliphatic carbocycles. The predicted octanol–water partition coefficient (Wildman–Crippen LogP) is 3.98. The lowest BCUT2D eigenvalue weighted by Gasteiger charge is -2.32. The van der Waals surface area contributed by atoms with Gasteiger partial charge >= 0.3 is 13.2 Å². The lowest BCUT2D eigenvalue weighted by atomic mass is 9.77. The highest BCUT2D eigenvalue weighted by Gasteiger charge is 2.52. The van der Waals surface area contributed by atoms with Crippen molar-refractivity contribution in [2.45, 2.75) is 72.2 Å². The van der Waals surface area contributed by atoms with Crippen molar-refractivity contribution >= 4 is 30.9 Å². The number of rotatable bonds is 4. The molecule has 28 heavy (non-hydrogen) atoms. The molecule has 1 aliphatic rings. The van der Waals surface area contributed by atoms with Crippen LogP contribution in [0.2, 0.25) is 5.28 Å². The van der Waals surface area contributed by atoms with E-state index in [1.807, 2.05) is 61.5 Å². The predicted molar refractivity (Wildman–Crippen MR) is 110 cm³/mol. The summed E-state index contributed by atoms with van der Waals surface area (Å²) >= 11 is 5.85. The Kier molecular flexibility index (Phi) is 6.48. The molecule has 154 valence electrons. The van der Waals surface area contributed by atoms with Crippen molar-refractivity contribution in [2.24, 2.45) is 0 Å². The first kappa shape index (κ1) is 22.7. The van der Waals surface area contributed by atoms with Crippen LogP contribution in [0, 0.1) is 6.92 Å². The molecule has 1 saturated heterocycles. The molecule has 0 unspecified atom stereocenters. The van der Waals surface area contributed by atoms with Crippen molar-refractivity contribution in [1.82, 2.24) is 15.3 Å². The molecule has 1 fully saturated rings. The number of halogens is 1. The first-order valence-electron chi connectivity index (χ1n) is 9.22. The van der Waals surface area contributed by atoms with Gasteiger partial charge in [-0.3, -0.25) is 0 Å². The van der Waals surface area contributed by atoms with Crippen molar-refractivity contribution in [2.75, 3.05) is 6.54 Å². The zero-order valence-electron chi connectivity index (χ0n) is 17.8. The van der Waals surface area contributed by atoms with Crippen molar-refractivity contribution in [1.29, 1.82) is 0 Å². The maximum atomic E-state index is 12.1. The molecule has 0 radical (unpaired) electrons. The molecule has 0 saturated carbocycles. The number of aromatic nitrogens is 2. The molecular formula is C19H29BClN3O4. The van der Waals surface area contributed by atoms with E-state index in [1.54, 1.807) is 6.20 Å². The molecule has 0 spiro atoms. The third-order valence-electron chi connectivity index (χ3n) is 4.72. The summed E-state index contributed by atoms with van der Waals surface area (Å²) in [5.41, 5.74) is 0.603. The van der Waals surface area contributed by atoms with Crippen LogP contribution in [0.3, 0.4) is 0 Å². The Morgan fingerprint density at radius 1 is 1.29 bits per heavy atom. The fourth-order valence-electron chi connectivity index (χ4n) is 2.47. The summed E-state index contributed by atoms with van der Waals surface area (Å²) in [5.74, 6) is 0. The van der Waals surface area contributed by atoms with E-state index in [1.165, 1.54) is 0 Å². The number of hydrogen-bond acceptors (Lipinski definition) is 6. The van der Waals surface area contributed by atoms with E-state index in [-0.39, 0.29) is 11.8 Å². The number of carbonyl (C=O) groups is 1. The van der Waals surface area contributed by atoms with Gasteiger partial charge in [-0.15, -0.1) is 0 Å². The van der Waals surface area contributed by atoms with Gasteiger partial charge in [0.15, 0.2) is 0 Å². The zero-order valence-corrected chi connectivity index (χ0v) is 18.6. The first-order valence-corrected chi connectivity index (χ1v) is 9.60. The topological polar surface area (TPSA) is 82.6 Å². The molecule has 0 aromatic carbocycles. The Hall–Kier alpha value is -1.64. The second-order valence-electron chi connectivity index (χ2n) is 8.84. The quantitative estimate of drug-likeness (QED) is 0.598. The van der Waals surface area contributed by atoms with E-state index < -0.39 is 30.0 Å². The van der Waals surface area contributed by atoms with Gasteiger partial charge in [-0.05, 0) is 72.5 Å². The number of aryl methyl sites for hydroxylation is 1. The Labute approximate surface area is 172 Å². The van der Waals surface area contributed by atoms with E-state index in [0.29, 0.717) is 5.69 Å². The maximum absolute atomic E-state index is 12.1. The molecule has 2 rings (SSSR count). The molecule has 0 bridgehead atoms. The fourth-order valence-corrected chi connectivity index (χ4v) is 2.65. The highest BCUT2D eigenvalue weighted by atomic mass is 35.5. The van der Waals surface area contributed by atoms with Crippen LogP contribution in [-0.4, -0.2) is 46.5 Å². The first-order chi connectivity index (χ1) is 12.7. The van der Waals surface area contributed by atoms with Crippen LogP contribution >= 0.6 is 11.6 Å². The minimum Gasteiger partial charge on any atom is -0.444 e. The lowest BCUT2D eigenvalue weighted by Crippen LogP contribution is -2.41. The second kappa shape index (κ2) is 8.01. The second-order valence-corrected chi connectivity index (χ2v) is 9.18. The molecule has 1 amide bonds. The fraction of sp³-hybridized carbons (Fsp3) is 0.632. The summed E-state index contributed by atoms with van der Waals surface area (Å²) in [6.45, 7) is 15.4. The highest BCUT2D eigenvalue weighted by molar-refractivity contribution is 6.56. The summed E-state index contributed by atoms with van der Waals surface area (Å²) in [6, 6.07) is 0. The maximum Gasteiger partial charge on any atom is 0.492 e. The summed E-state index contributed by atoms with van der Waals surface area (Å²) in [4.78, 5) is 20.3. The minimum atomic E-state index is -0.630. The van der Waals surface area contributed by atoms with E-state index in [0.717, 1.165) is 11.0 Å². The number of carbonyl (C=O) groups excluding carboxylic acids is 1. The molecule has 1 aromatic rings. The van der Waals surface area contributed by atoms with E-state index in [9.17, 15) is 4.79 Å². The van der Waals surface area contributed by atoms with Gasteiger partial charge in [0.2, 0.25) is 5.28 Å². The monoisotopic (exact) mass is 409 g/mol. The summed E-state index contributed by atoms with van der Waals surface area (Å²) < 4.78 is 17.6. The Morgan fingerprint density at radius 3 is 2.36 bits per heavy atom. The van der Waals surface area contributed by atoms with Crippen LogP contribution in [0.1, 0.15) is 59.7 Å². The van der Waals surface area contributed by atoms with Gasteiger partial charge in [0.05, 0.1) is 11.2 Å².